The quantitative estimate of drug-likeness (QED) is 0.803. The summed E-state index contributed by atoms with van der Waals surface area (Å²) in [5.74, 6) is -2.89. The highest BCUT2D eigenvalue weighted by Gasteiger charge is 2.48. The van der Waals surface area contributed by atoms with Crippen molar-refractivity contribution in [2.24, 2.45) is 5.92 Å². The maximum atomic E-state index is 12.5. The lowest BCUT2D eigenvalue weighted by atomic mass is 9.77. The molecule has 2 nitrogen and oxygen atoms in total. The molecule has 1 aromatic heterocycles. The summed E-state index contributed by atoms with van der Waals surface area (Å²) in [7, 11) is 0. The molecule has 1 aliphatic rings. The van der Waals surface area contributed by atoms with Crippen molar-refractivity contribution < 1.29 is 13.9 Å². The summed E-state index contributed by atoms with van der Waals surface area (Å²) < 4.78 is 24.9. The predicted octanol–water partition coefficient (Wildman–Crippen LogP) is 2.22. The molecule has 0 radical (unpaired) electrons. The lowest BCUT2D eigenvalue weighted by Crippen LogP contribution is -2.38. The average molecular weight is 205 g/mol. The standard InChI is InChI=1S/C8H9F2NOS/c9-8(10)1-5(2-8)7(12)6-3-13-4-11-6/h3-5,7,12H,1-2H2. The van der Waals surface area contributed by atoms with Crippen LogP contribution in [0.15, 0.2) is 10.9 Å². The first kappa shape index (κ1) is 9.02. The summed E-state index contributed by atoms with van der Waals surface area (Å²) in [6.07, 6.45) is -1.25. The van der Waals surface area contributed by atoms with Gasteiger partial charge < -0.3 is 5.11 Å². The minimum absolute atomic E-state index is 0.217. The molecule has 5 heteroatoms. The van der Waals surface area contributed by atoms with Crippen molar-refractivity contribution in [2.75, 3.05) is 0 Å². The Bertz CT molecular complexity index is 280. The molecule has 1 atom stereocenters. The molecule has 0 aliphatic heterocycles. The second kappa shape index (κ2) is 2.99. The highest BCUT2D eigenvalue weighted by atomic mass is 32.1. The minimum Gasteiger partial charge on any atom is -0.386 e. The van der Waals surface area contributed by atoms with E-state index in [1.807, 2.05) is 0 Å². The fraction of sp³-hybridized carbons (Fsp3) is 0.625. The Labute approximate surface area is 78.2 Å². The highest BCUT2D eigenvalue weighted by molar-refractivity contribution is 7.07. The Kier molecular flexibility index (Phi) is 2.08. The zero-order valence-corrected chi connectivity index (χ0v) is 7.60. The SMILES string of the molecule is OC(c1cscn1)C1CC(F)(F)C1. The summed E-state index contributed by atoms with van der Waals surface area (Å²) in [6, 6.07) is 0. The van der Waals surface area contributed by atoms with Gasteiger partial charge in [0.1, 0.15) is 6.10 Å². The predicted molar refractivity (Wildman–Crippen MR) is 44.7 cm³/mol. The minimum atomic E-state index is -2.57. The van der Waals surface area contributed by atoms with E-state index in [1.165, 1.54) is 11.3 Å². The number of hydrogen-bond acceptors (Lipinski definition) is 3. The van der Waals surface area contributed by atoms with Crippen LogP contribution in [0.25, 0.3) is 0 Å². The van der Waals surface area contributed by atoms with Gasteiger partial charge in [0.15, 0.2) is 0 Å². The molecule has 1 aromatic rings. The first-order valence-corrected chi connectivity index (χ1v) is 4.97. The third-order valence-electron chi connectivity index (χ3n) is 2.32. The molecule has 1 unspecified atom stereocenters. The van der Waals surface area contributed by atoms with Crippen LogP contribution in [0.5, 0.6) is 0 Å². The van der Waals surface area contributed by atoms with E-state index in [2.05, 4.69) is 4.98 Å². The first-order valence-electron chi connectivity index (χ1n) is 4.02. The van der Waals surface area contributed by atoms with Gasteiger partial charge in [0.05, 0.1) is 11.2 Å². The van der Waals surface area contributed by atoms with E-state index in [0.717, 1.165) is 0 Å². The second-order valence-corrected chi connectivity index (χ2v) is 4.10. The maximum Gasteiger partial charge on any atom is 0.248 e. The molecule has 0 spiro atoms. The van der Waals surface area contributed by atoms with Crippen molar-refractivity contribution in [2.45, 2.75) is 24.9 Å². The zero-order chi connectivity index (χ0) is 9.47. The molecule has 1 heterocycles. The smallest absolute Gasteiger partial charge is 0.248 e. The summed E-state index contributed by atoms with van der Waals surface area (Å²) >= 11 is 1.36. The van der Waals surface area contributed by atoms with Gasteiger partial charge in [0, 0.05) is 24.1 Å². The van der Waals surface area contributed by atoms with Crippen molar-refractivity contribution in [3.63, 3.8) is 0 Å². The summed E-state index contributed by atoms with van der Waals surface area (Å²) in [4.78, 5) is 3.89. The van der Waals surface area contributed by atoms with Gasteiger partial charge in [-0.25, -0.2) is 13.8 Å². The fourth-order valence-corrected chi connectivity index (χ4v) is 2.12. The highest BCUT2D eigenvalue weighted by Crippen LogP contribution is 2.47. The lowest BCUT2D eigenvalue weighted by Gasteiger charge is -2.37. The van der Waals surface area contributed by atoms with Gasteiger partial charge in [-0.3, -0.25) is 0 Å². The Balaban J connectivity index is 1.97. The Hall–Kier alpha value is -0.550. The van der Waals surface area contributed by atoms with E-state index in [1.54, 1.807) is 10.9 Å². The normalized spacial score (nSPS) is 23.9. The van der Waals surface area contributed by atoms with Gasteiger partial charge in [-0.2, -0.15) is 0 Å². The number of aliphatic hydroxyl groups is 1. The van der Waals surface area contributed by atoms with Crippen LogP contribution in [-0.4, -0.2) is 16.0 Å². The van der Waals surface area contributed by atoms with Crippen LogP contribution < -0.4 is 0 Å². The third kappa shape index (κ3) is 1.71. The van der Waals surface area contributed by atoms with Gasteiger partial charge in [-0.05, 0) is 0 Å². The molecule has 1 fully saturated rings. The van der Waals surface area contributed by atoms with Crippen LogP contribution >= 0.6 is 11.3 Å². The summed E-state index contributed by atoms with van der Waals surface area (Å²) in [5.41, 5.74) is 2.11. The van der Waals surface area contributed by atoms with Gasteiger partial charge in [-0.1, -0.05) is 0 Å². The maximum absolute atomic E-state index is 12.5. The molecular weight excluding hydrogens is 196 g/mol. The fourth-order valence-electron chi connectivity index (χ4n) is 1.54. The largest absolute Gasteiger partial charge is 0.386 e. The molecule has 0 bridgehead atoms. The van der Waals surface area contributed by atoms with E-state index in [4.69, 9.17) is 0 Å². The van der Waals surface area contributed by atoms with Crippen molar-refractivity contribution in [1.82, 2.24) is 4.98 Å². The number of nitrogens with zero attached hydrogens (tertiary/aromatic N) is 1. The topological polar surface area (TPSA) is 33.1 Å². The monoisotopic (exact) mass is 205 g/mol. The van der Waals surface area contributed by atoms with Crippen molar-refractivity contribution in [3.8, 4) is 0 Å². The van der Waals surface area contributed by atoms with Crippen LogP contribution in [0.2, 0.25) is 0 Å². The van der Waals surface area contributed by atoms with Crippen LogP contribution in [0, 0.1) is 5.92 Å². The molecule has 0 aromatic carbocycles. The van der Waals surface area contributed by atoms with Crippen LogP contribution in [0.4, 0.5) is 8.78 Å². The molecule has 13 heavy (non-hydrogen) atoms. The van der Waals surface area contributed by atoms with Gasteiger partial charge >= 0.3 is 0 Å². The molecule has 1 saturated carbocycles. The molecule has 2 rings (SSSR count). The van der Waals surface area contributed by atoms with Crippen LogP contribution in [-0.2, 0) is 0 Å². The summed E-state index contributed by atoms with van der Waals surface area (Å²) in [6.45, 7) is 0. The first-order chi connectivity index (χ1) is 6.08. The number of aliphatic hydroxyl groups excluding tert-OH is 1. The van der Waals surface area contributed by atoms with Gasteiger partial charge in [0.2, 0.25) is 5.92 Å². The zero-order valence-electron chi connectivity index (χ0n) is 6.78. The van der Waals surface area contributed by atoms with Crippen molar-refractivity contribution in [1.29, 1.82) is 0 Å². The average Bonchev–Trinajstić information content (AvgIpc) is 2.50. The number of aromatic nitrogens is 1. The second-order valence-electron chi connectivity index (χ2n) is 3.38. The van der Waals surface area contributed by atoms with E-state index in [-0.39, 0.29) is 18.8 Å². The number of thiazole rings is 1. The lowest BCUT2D eigenvalue weighted by molar-refractivity contribution is -0.142. The van der Waals surface area contributed by atoms with Crippen molar-refractivity contribution >= 4 is 11.3 Å². The molecule has 0 amide bonds. The number of alkyl halides is 2. The molecule has 1 aliphatic carbocycles. The molecule has 1 N–H and O–H groups in total. The van der Waals surface area contributed by atoms with Crippen LogP contribution in [0.1, 0.15) is 24.6 Å². The Morgan fingerprint density at radius 3 is 2.77 bits per heavy atom. The van der Waals surface area contributed by atoms with E-state index < -0.39 is 12.0 Å². The van der Waals surface area contributed by atoms with Gasteiger partial charge in [-0.15, -0.1) is 11.3 Å². The Morgan fingerprint density at radius 2 is 2.31 bits per heavy atom. The van der Waals surface area contributed by atoms with E-state index in [0.29, 0.717) is 5.69 Å². The van der Waals surface area contributed by atoms with E-state index >= 15 is 0 Å². The van der Waals surface area contributed by atoms with E-state index in [9.17, 15) is 13.9 Å². The van der Waals surface area contributed by atoms with Crippen LogP contribution in [0.3, 0.4) is 0 Å². The Morgan fingerprint density at radius 1 is 1.62 bits per heavy atom. The van der Waals surface area contributed by atoms with Crippen molar-refractivity contribution in [3.05, 3.63) is 16.6 Å². The molecule has 0 saturated heterocycles. The number of hydrogen-bond donors (Lipinski definition) is 1. The number of halogens is 2. The molecular formula is C8H9F2NOS. The third-order valence-corrected chi connectivity index (χ3v) is 2.93. The van der Waals surface area contributed by atoms with Gasteiger partial charge in [0.25, 0.3) is 0 Å². The summed E-state index contributed by atoms with van der Waals surface area (Å²) in [5, 5.41) is 11.3. The number of rotatable bonds is 2. The molecule has 72 valence electrons.